The van der Waals surface area contributed by atoms with E-state index in [2.05, 4.69) is 24.3 Å². The Morgan fingerprint density at radius 1 is 1.56 bits per heavy atom. The highest BCUT2D eigenvalue weighted by molar-refractivity contribution is 6.31. The highest BCUT2D eigenvalue weighted by Gasteiger charge is 2.16. The Hall–Kier alpha value is -0.640. The quantitative estimate of drug-likeness (QED) is 0.595. The second-order valence-corrected chi connectivity index (χ2v) is 4.65. The second-order valence-electron chi connectivity index (χ2n) is 4.25. The Kier molecular flexibility index (Phi) is 5.74. The van der Waals surface area contributed by atoms with Crippen LogP contribution in [-0.4, -0.2) is 4.98 Å². The molecule has 3 N–H and O–H groups in total. The maximum absolute atomic E-state index is 6.10. The standard InChI is InChI=1S/C12H20ClN3/c1-3-4-9(2)7-12(16-14)10-5-6-15-8-11(10)13/h5-6,8-9,12,16H,3-4,7,14H2,1-2H3. The van der Waals surface area contributed by atoms with E-state index < -0.39 is 0 Å². The molecular formula is C12H20ClN3. The minimum atomic E-state index is 0.108. The van der Waals surface area contributed by atoms with Crippen LogP contribution in [0.3, 0.4) is 0 Å². The van der Waals surface area contributed by atoms with Gasteiger partial charge in [-0.3, -0.25) is 16.3 Å². The molecule has 0 amide bonds. The van der Waals surface area contributed by atoms with E-state index in [1.807, 2.05) is 6.07 Å². The van der Waals surface area contributed by atoms with E-state index >= 15 is 0 Å². The van der Waals surface area contributed by atoms with Crippen molar-refractivity contribution in [3.8, 4) is 0 Å². The van der Waals surface area contributed by atoms with Gasteiger partial charge in [0.1, 0.15) is 0 Å². The molecule has 16 heavy (non-hydrogen) atoms. The highest BCUT2D eigenvalue weighted by Crippen LogP contribution is 2.27. The van der Waals surface area contributed by atoms with Crippen LogP contribution in [0.25, 0.3) is 0 Å². The van der Waals surface area contributed by atoms with Crippen molar-refractivity contribution in [3.63, 3.8) is 0 Å². The third-order valence-electron chi connectivity index (χ3n) is 2.80. The van der Waals surface area contributed by atoms with Gasteiger partial charge in [0.15, 0.2) is 0 Å². The largest absolute Gasteiger partial charge is 0.271 e. The van der Waals surface area contributed by atoms with Gasteiger partial charge in [0.2, 0.25) is 0 Å². The summed E-state index contributed by atoms with van der Waals surface area (Å²) in [5.74, 6) is 6.22. The molecule has 0 aromatic carbocycles. The minimum absolute atomic E-state index is 0.108. The summed E-state index contributed by atoms with van der Waals surface area (Å²) in [5.41, 5.74) is 3.87. The van der Waals surface area contributed by atoms with Gasteiger partial charge < -0.3 is 0 Å². The molecule has 0 spiro atoms. The van der Waals surface area contributed by atoms with Crippen molar-refractivity contribution in [2.45, 2.75) is 39.2 Å². The Morgan fingerprint density at radius 3 is 2.88 bits per heavy atom. The molecule has 0 saturated heterocycles. The van der Waals surface area contributed by atoms with Gasteiger partial charge in [-0.1, -0.05) is 38.3 Å². The molecule has 1 aromatic rings. The maximum atomic E-state index is 6.10. The monoisotopic (exact) mass is 241 g/mol. The first-order valence-electron chi connectivity index (χ1n) is 5.74. The van der Waals surface area contributed by atoms with Gasteiger partial charge in [-0.15, -0.1) is 0 Å². The summed E-state index contributed by atoms with van der Waals surface area (Å²) >= 11 is 6.10. The lowest BCUT2D eigenvalue weighted by Crippen LogP contribution is -2.29. The second kappa shape index (κ2) is 6.84. The summed E-state index contributed by atoms with van der Waals surface area (Å²) < 4.78 is 0. The fourth-order valence-electron chi connectivity index (χ4n) is 1.97. The molecule has 0 fully saturated rings. The molecule has 90 valence electrons. The normalized spacial score (nSPS) is 14.8. The van der Waals surface area contributed by atoms with Crippen LogP contribution in [0.2, 0.25) is 5.02 Å². The van der Waals surface area contributed by atoms with E-state index in [0.29, 0.717) is 10.9 Å². The lowest BCUT2D eigenvalue weighted by Gasteiger charge is -2.21. The van der Waals surface area contributed by atoms with Crippen molar-refractivity contribution in [1.29, 1.82) is 0 Å². The first-order chi connectivity index (χ1) is 7.69. The Bertz CT molecular complexity index is 317. The maximum Gasteiger partial charge on any atom is 0.0637 e. The minimum Gasteiger partial charge on any atom is -0.271 e. The third-order valence-corrected chi connectivity index (χ3v) is 3.12. The molecule has 1 rings (SSSR count). The summed E-state index contributed by atoms with van der Waals surface area (Å²) in [4.78, 5) is 3.98. The number of rotatable bonds is 6. The Labute approximate surface area is 102 Å². The van der Waals surface area contributed by atoms with Gasteiger partial charge in [-0.05, 0) is 24.0 Å². The van der Waals surface area contributed by atoms with Crippen LogP contribution in [0.15, 0.2) is 18.5 Å². The van der Waals surface area contributed by atoms with Crippen LogP contribution in [0.5, 0.6) is 0 Å². The smallest absolute Gasteiger partial charge is 0.0637 e. The topological polar surface area (TPSA) is 50.9 Å². The van der Waals surface area contributed by atoms with Crippen LogP contribution in [0.1, 0.15) is 44.7 Å². The van der Waals surface area contributed by atoms with E-state index in [9.17, 15) is 0 Å². The SMILES string of the molecule is CCCC(C)CC(NN)c1ccncc1Cl. The van der Waals surface area contributed by atoms with E-state index in [-0.39, 0.29) is 6.04 Å². The zero-order valence-electron chi connectivity index (χ0n) is 9.91. The fourth-order valence-corrected chi connectivity index (χ4v) is 2.22. The van der Waals surface area contributed by atoms with E-state index in [0.717, 1.165) is 12.0 Å². The highest BCUT2D eigenvalue weighted by atomic mass is 35.5. The number of halogens is 1. The molecule has 0 bridgehead atoms. The van der Waals surface area contributed by atoms with Crippen molar-refractivity contribution in [1.82, 2.24) is 10.4 Å². The van der Waals surface area contributed by atoms with Crippen molar-refractivity contribution in [2.24, 2.45) is 11.8 Å². The number of hydrazine groups is 1. The molecule has 4 heteroatoms. The molecule has 1 heterocycles. The number of pyridine rings is 1. The average Bonchev–Trinajstić information content (AvgIpc) is 2.27. The Balaban J connectivity index is 2.71. The predicted octanol–water partition coefficient (Wildman–Crippen LogP) is 3.07. The molecule has 1 aromatic heterocycles. The van der Waals surface area contributed by atoms with Gasteiger partial charge in [0.05, 0.1) is 5.02 Å². The number of hydrogen-bond donors (Lipinski definition) is 2. The molecule has 0 saturated carbocycles. The number of nitrogens with one attached hydrogen (secondary N) is 1. The van der Waals surface area contributed by atoms with Crippen molar-refractivity contribution in [2.75, 3.05) is 0 Å². The van der Waals surface area contributed by atoms with Crippen molar-refractivity contribution < 1.29 is 0 Å². The Morgan fingerprint density at radius 2 is 2.31 bits per heavy atom. The molecule has 0 aliphatic rings. The summed E-state index contributed by atoms with van der Waals surface area (Å²) in [6, 6.07) is 2.03. The van der Waals surface area contributed by atoms with Crippen LogP contribution < -0.4 is 11.3 Å². The van der Waals surface area contributed by atoms with Gasteiger partial charge in [0, 0.05) is 18.4 Å². The van der Waals surface area contributed by atoms with Gasteiger partial charge in [0.25, 0.3) is 0 Å². The van der Waals surface area contributed by atoms with E-state index in [4.69, 9.17) is 17.4 Å². The molecule has 0 radical (unpaired) electrons. The van der Waals surface area contributed by atoms with Gasteiger partial charge in [-0.2, -0.15) is 0 Å². The molecule has 3 nitrogen and oxygen atoms in total. The van der Waals surface area contributed by atoms with Crippen LogP contribution in [0.4, 0.5) is 0 Å². The fraction of sp³-hybridized carbons (Fsp3) is 0.583. The van der Waals surface area contributed by atoms with Crippen LogP contribution in [0, 0.1) is 5.92 Å². The third kappa shape index (κ3) is 3.74. The van der Waals surface area contributed by atoms with Gasteiger partial charge in [-0.25, -0.2) is 0 Å². The summed E-state index contributed by atoms with van der Waals surface area (Å²) in [5, 5.41) is 0.675. The molecule has 2 atom stereocenters. The number of nitrogens with two attached hydrogens (primary N) is 1. The lowest BCUT2D eigenvalue weighted by molar-refractivity contribution is 0.394. The van der Waals surface area contributed by atoms with Crippen LogP contribution in [-0.2, 0) is 0 Å². The lowest BCUT2D eigenvalue weighted by atomic mass is 9.94. The van der Waals surface area contributed by atoms with Gasteiger partial charge >= 0.3 is 0 Å². The zero-order chi connectivity index (χ0) is 12.0. The molecule has 2 unspecified atom stereocenters. The first-order valence-corrected chi connectivity index (χ1v) is 6.12. The average molecular weight is 242 g/mol. The predicted molar refractivity (Wildman–Crippen MR) is 68.0 cm³/mol. The zero-order valence-corrected chi connectivity index (χ0v) is 10.7. The van der Waals surface area contributed by atoms with Crippen molar-refractivity contribution >= 4 is 11.6 Å². The molecule has 0 aliphatic carbocycles. The number of hydrogen-bond acceptors (Lipinski definition) is 3. The van der Waals surface area contributed by atoms with Crippen LogP contribution >= 0.6 is 11.6 Å². The van der Waals surface area contributed by atoms with E-state index in [1.54, 1.807) is 12.4 Å². The summed E-state index contributed by atoms with van der Waals surface area (Å²) in [6.45, 7) is 4.43. The number of aromatic nitrogens is 1. The first kappa shape index (κ1) is 13.4. The summed E-state index contributed by atoms with van der Waals surface area (Å²) in [6.07, 6.45) is 6.80. The molecular weight excluding hydrogens is 222 g/mol. The summed E-state index contributed by atoms with van der Waals surface area (Å²) in [7, 11) is 0. The van der Waals surface area contributed by atoms with E-state index in [1.165, 1.54) is 12.8 Å². The number of nitrogens with zero attached hydrogens (tertiary/aromatic N) is 1. The molecule has 0 aliphatic heterocycles. The van der Waals surface area contributed by atoms with Crippen molar-refractivity contribution in [3.05, 3.63) is 29.0 Å².